The number of nitrogens with zero attached hydrogens (tertiary/aromatic N) is 1. The van der Waals surface area contributed by atoms with Crippen molar-refractivity contribution in [2.75, 3.05) is 18.4 Å². The van der Waals surface area contributed by atoms with E-state index in [1.54, 1.807) is 11.3 Å². The molecule has 0 saturated heterocycles. The van der Waals surface area contributed by atoms with Crippen molar-refractivity contribution < 1.29 is 4.79 Å². The molecule has 1 aliphatic rings. The number of hydrogen-bond acceptors (Lipinski definition) is 6. The van der Waals surface area contributed by atoms with Crippen LogP contribution in [0.5, 0.6) is 0 Å². The zero-order chi connectivity index (χ0) is 13.9. The van der Waals surface area contributed by atoms with Crippen molar-refractivity contribution in [3.8, 4) is 0 Å². The average molecular weight is 308 g/mol. The highest BCUT2D eigenvalue weighted by molar-refractivity contribution is 8.11. The lowest BCUT2D eigenvalue weighted by Gasteiger charge is -2.03. The van der Waals surface area contributed by atoms with Crippen LogP contribution in [0, 0.1) is 0 Å². The molecular weight excluding hydrogens is 292 g/mol. The van der Waals surface area contributed by atoms with E-state index in [2.05, 4.69) is 33.8 Å². The van der Waals surface area contributed by atoms with Crippen molar-refractivity contribution in [3.63, 3.8) is 0 Å². The number of benzene rings is 1. The topological polar surface area (TPSA) is 80.0 Å². The van der Waals surface area contributed by atoms with Crippen LogP contribution in [0.2, 0.25) is 0 Å². The lowest BCUT2D eigenvalue weighted by molar-refractivity contribution is 0.261. The van der Waals surface area contributed by atoms with Crippen LogP contribution in [-0.2, 0) is 0 Å². The Morgan fingerprint density at radius 3 is 3.05 bits per heavy atom. The number of rotatable bonds is 5. The van der Waals surface area contributed by atoms with Crippen LogP contribution in [0.1, 0.15) is 24.3 Å². The minimum atomic E-state index is -0.216. The molecule has 7 heteroatoms. The highest BCUT2D eigenvalue weighted by atomic mass is 32.2. The Morgan fingerprint density at radius 2 is 2.30 bits per heavy atom. The third-order valence-corrected chi connectivity index (χ3v) is 4.68. The van der Waals surface area contributed by atoms with Gasteiger partial charge in [-0.15, -0.1) is 0 Å². The van der Waals surface area contributed by atoms with E-state index in [1.807, 2.05) is 0 Å². The Balaban J connectivity index is 1.64. The van der Waals surface area contributed by atoms with Crippen LogP contribution in [0.15, 0.2) is 18.2 Å². The van der Waals surface area contributed by atoms with Gasteiger partial charge >= 0.3 is 0 Å². The first kappa shape index (κ1) is 13.7. The molecular formula is C13H16N4OS2. The van der Waals surface area contributed by atoms with E-state index in [0.717, 1.165) is 16.6 Å². The molecule has 0 atom stereocenters. The number of anilines is 1. The number of thiazole rings is 1. The predicted molar refractivity (Wildman–Crippen MR) is 85.3 cm³/mol. The summed E-state index contributed by atoms with van der Waals surface area (Å²) in [5.41, 5.74) is 2.49. The van der Waals surface area contributed by atoms with E-state index < -0.39 is 0 Å². The van der Waals surface area contributed by atoms with Crippen molar-refractivity contribution in [1.82, 2.24) is 10.3 Å². The van der Waals surface area contributed by atoms with Crippen LogP contribution < -0.4 is 15.8 Å². The van der Waals surface area contributed by atoms with E-state index in [-0.39, 0.29) is 5.24 Å². The predicted octanol–water partition coefficient (Wildman–Crippen LogP) is 2.90. The number of carbonyl (C=O) groups is 1. The molecule has 0 unspecified atom stereocenters. The molecule has 4 N–H and O–H groups in total. The second-order valence-corrected chi connectivity index (χ2v) is 6.35. The minimum Gasteiger partial charge on any atom is -0.360 e. The zero-order valence-electron chi connectivity index (χ0n) is 10.9. The van der Waals surface area contributed by atoms with Gasteiger partial charge in [-0.05, 0) is 30.4 Å². The van der Waals surface area contributed by atoms with E-state index in [9.17, 15) is 4.79 Å². The third-order valence-electron chi connectivity index (χ3n) is 3.24. The highest BCUT2D eigenvalue weighted by Gasteiger charge is 2.26. The van der Waals surface area contributed by atoms with Gasteiger partial charge in [0, 0.05) is 25.0 Å². The molecule has 1 saturated carbocycles. The van der Waals surface area contributed by atoms with Crippen LogP contribution in [0.3, 0.4) is 0 Å². The van der Waals surface area contributed by atoms with E-state index >= 15 is 0 Å². The number of amides is 1. The summed E-state index contributed by atoms with van der Waals surface area (Å²) in [4.78, 5) is 15.6. The largest absolute Gasteiger partial charge is 0.360 e. The van der Waals surface area contributed by atoms with Gasteiger partial charge in [0.25, 0.3) is 5.24 Å². The fraction of sp³-hybridized carbons (Fsp3) is 0.385. The lowest BCUT2D eigenvalue weighted by atomic mass is 10.1. The number of nitrogens with two attached hydrogens (primary N) is 1. The quantitative estimate of drug-likeness (QED) is 0.584. The molecule has 20 heavy (non-hydrogen) atoms. The molecule has 1 heterocycles. The molecule has 5 nitrogen and oxygen atoms in total. The van der Waals surface area contributed by atoms with Gasteiger partial charge in [-0.2, -0.15) is 0 Å². The summed E-state index contributed by atoms with van der Waals surface area (Å²) in [6, 6.07) is 6.34. The van der Waals surface area contributed by atoms with Gasteiger partial charge in [0.15, 0.2) is 5.13 Å². The summed E-state index contributed by atoms with van der Waals surface area (Å²) in [5.74, 6) is 0.730. The zero-order valence-corrected chi connectivity index (χ0v) is 12.5. The number of nitrogens with one attached hydrogen (secondary N) is 2. The maximum Gasteiger partial charge on any atom is 0.293 e. The number of fused-ring (bicyclic) bond motifs is 1. The van der Waals surface area contributed by atoms with Gasteiger partial charge in [-0.3, -0.25) is 9.93 Å². The van der Waals surface area contributed by atoms with E-state index in [0.29, 0.717) is 25.0 Å². The third kappa shape index (κ3) is 3.05. The van der Waals surface area contributed by atoms with Crippen LogP contribution >= 0.6 is 23.3 Å². The van der Waals surface area contributed by atoms with Gasteiger partial charge in [0.05, 0.1) is 10.2 Å². The van der Waals surface area contributed by atoms with E-state index in [4.69, 9.17) is 5.14 Å². The Kier molecular flexibility index (Phi) is 4.09. The molecule has 1 fully saturated rings. The van der Waals surface area contributed by atoms with Gasteiger partial charge in [0.1, 0.15) is 0 Å². The molecule has 106 valence electrons. The average Bonchev–Trinajstić information content (AvgIpc) is 3.22. The Labute approximate surface area is 125 Å². The Morgan fingerprint density at radius 1 is 1.45 bits per heavy atom. The van der Waals surface area contributed by atoms with Crippen molar-refractivity contribution in [1.29, 1.82) is 0 Å². The smallest absolute Gasteiger partial charge is 0.293 e. The molecule has 1 aromatic heterocycles. The van der Waals surface area contributed by atoms with Crippen molar-refractivity contribution in [2.24, 2.45) is 5.14 Å². The van der Waals surface area contributed by atoms with Crippen LogP contribution in [-0.4, -0.2) is 23.3 Å². The van der Waals surface area contributed by atoms with Gasteiger partial charge in [-0.1, -0.05) is 23.5 Å². The Bertz CT molecular complexity index is 624. The van der Waals surface area contributed by atoms with Crippen molar-refractivity contribution in [2.45, 2.75) is 18.8 Å². The number of carbonyl (C=O) groups excluding carboxylic acids is 1. The van der Waals surface area contributed by atoms with Gasteiger partial charge in [0.2, 0.25) is 0 Å². The van der Waals surface area contributed by atoms with Crippen molar-refractivity contribution in [3.05, 3.63) is 23.8 Å². The normalized spacial score (nSPS) is 14.4. The number of aromatic nitrogens is 1. The molecule has 0 spiro atoms. The second-order valence-electron chi connectivity index (χ2n) is 4.75. The summed E-state index contributed by atoms with van der Waals surface area (Å²) in [7, 11) is 0. The Hall–Kier alpha value is -1.31. The standard InChI is InChI=1S/C13H16N4OS2/c14-20-13(18)16-7-6-15-12-17-10-3-1-2-9(8-4-5-8)11(10)19-12/h1-3,8H,4-7,14H2,(H,15,17)(H,16,18). The summed E-state index contributed by atoms with van der Waals surface area (Å²) in [6.45, 7) is 1.18. The molecule has 3 rings (SSSR count). The molecule has 2 aromatic rings. The van der Waals surface area contributed by atoms with Crippen LogP contribution in [0.25, 0.3) is 10.2 Å². The fourth-order valence-corrected chi connectivity index (χ4v) is 3.41. The summed E-state index contributed by atoms with van der Waals surface area (Å²) >= 11 is 2.39. The molecule has 1 amide bonds. The first-order chi connectivity index (χ1) is 9.78. The molecule has 0 bridgehead atoms. The molecule has 1 aromatic carbocycles. The lowest BCUT2D eigenvalue weighted by Crippen LogP contribution is -2.26. The molecule has 0 aliphatic heterocycles. The summed E-state index contributed by atoms with van der Waals surface area (Å²) in [6.07, 6.45) is 2.59. The van der Waals surface area contributed by atoms with Crippen LogP contribution in [0.4, 0.5) is 9.93 Å². The fourth-order valence-electron chi connectivity index (χ4n) is 2.14. The van der Waals surface area contributed by atoms with Gasteiger partial charge < -0.3 is 10.6 Å². The van der Waals surface area contributed by atoms with Crippen molar-refractivity contribution >= 4 is 43.9 Å². The first-order valence-electron chi connectivity index (χ1n) is 6.56. The second kappa shape index (κ2) is 5.99. The maximum atomic E-state index is 11.0. The first-order valence-corrected chi connectivity index (χ1v) is 8.25. The van der Waals surface area contributed by atoms with Gasteiger partial charge in [-0.25, -0.2) is 4.98 Å². The monoisotopic (exact) mass is 308 g/mol. The summed E-state index contributed by atoms with van der Waals surface area (Å²) < 4.78 is 1.29. The highest BCUT2D eigenvalue weighted by Crippen LogP contribution is 2.44. The SMILES string of the molecule is NSC(=O)NCCNc1nc2cccc(C3CC3)c2s1. The summed E-state index contributed by atoms with van der Waals surface area (Å²) in [5, 5.41) is 11.8. The minimum absolute atomic E-state index is 0.216. The van der Waals surface area contributed by atoms with E-state index in [1.165, 1.54) is 23.1 Å². The molecule has 1 aliphatic carbocycles. The molecule has 0 radical (unpaired) electrons. The number of hydrogen-bond donors (Lipinski definition) is 3. The maximum absolute atomic E-state index is 11.0.